The minimum Gasteiger partial charge on any atom is -0.369 e. The van der Waals surface area contributed by atoms with E-state index in [1.165, 1.54) is 32.1 Å². The Morgan fingerprint density at radius 3 is 2.89 bits per heavy atom. The molecule has 0 spiro atoms. The molecule has 1 aliphatic rings. The normalized spacial score (nSPS) is 24.5. The molecule has 19 heavy (non-hydrogen) atoms. The summed E-state index contributed by atoms with van der Waals surface area (Å²) < 4.78 is 2.21. The largest absolute Gasteiger partial charge is 0.369 e. The van der Waals surface area contributed by atoms with Crippen LogP contribution in [-0.2, 0) is 0 Å². The first-order valence-electron chi connectivity index (χ1n) is 7.10. The van der Waals surface area contributed by atoms with Gasteiger partial charge in [-0.05, 0) is 37.0 Å². The quantitative estimate of drug-likeness (QED) is 0.785. The lowest BCUT2D eigenvalue weighted by Crippen LogP contribution is -2.18. The fourth-order valence-corrected chi connectivity index (χ4v) is 3.46. The molecule has 2 N–H and O–H groups in total. The first-order chi connectivity index (χ1) is 9.16. The Morgan fingerprint density at radius 2 is 2.05 bits per heavy atom. The van der Waals surface area contributed by atoms with E-state index in [2.05, 4.69) is 16.5 Å². The number of benzene rings is 1. The zero-order chi connectivity index (χ0) is 13.4. The van der Waals surface area contributed by atoms with Crippen LogP contribution in [0.4, 0.5) is 5.95 Å². The number of aromatic nitrogens is 2. The van der Waals surface area contributed by atoms with Gasteiger partial charge in [0.05, 0.1) is 11.0 Å². The van der Waals surface area contributed by atoms with E-state index in [1.807, 2.05) is 18.2 Å². The van der Waals surface area contributed by atoms with Gasteiger partial charge in [-0.1, -0.05) is 37.8 Å². The fourth-order valence-electron chi connectivity index (χ4n) is 3.29. The standard InChI is InChI=1S/C15H20ClN3/c1-10-5-3-2-4-6-13(10)19-14-9-11(16)7-8-12(14)18-15(19)17/h7-10,13H,2-6H2,1H3,(H2,17,18). The molecule has 0 saturated heterocycles. The maximum atomic E-state index is 6.16. The van der Waals surface area contributed by atoms with Crippen LogP contribution in [0.1, 0.15) is 45.1 Å². The van der Waals surface area contributed by atoms with Crippen LogP contribution in [0, 0.1) is 5.92 Å². The van der Waals surface area contributed by atoms with Gasteiger partial charge in [0.1, 0.15) is 0 Å². The molecule has 0 radical (unpaired) electrons. The minimum absolute atomic E-state index is 0.450. The third kappa shape index (κ3) is 2.32. The van der Waals surface area contributed by atoms with Gasteiger partial charge in [-0.3, -0.25) is 0 Å². The predicted octanol–water partition coefficient (Wildman–Crippen LogP) is 4.41. The molecular formula is C15H20ClN3. The Labute approximate surface area is 118 Å². The Kier molecular flexibility index (Phi) is 3.40. The van der Waals surface area contributed by atoms with Crippen molar-refractivity contribution in [3.63, 3.8) is 0 Å². The summed E-state index contributed by atoms with van der Waals surface area (Å²) in [6.45, 7) is 2.33. The van der Waals surface area contributed by atoms with E-state index in [-0.39, 0.29) is 0 Å². The molecule has 1 aromatic carbocycles. The lowest BCUT2D eigenvalue weighted by atomic mass is 9.96. The van der Waals surface area contributed by atoms with Crippen molar-refractivity contribution in [1.29, 1.82) is 0 Å². The monoisotopic (exact) mass is 277 g/mol. The van der Waals surface area contributed by atoms with Crippen LogP contribution < -0.4 is 5.73 Å². The van der Waals surface area contributed by atoms with Gasteiger partial charge in [0.25, 0.3) is 0 Å². The van der Waals surface area contributed by atoms with E-state index in [0.29, 0.717) is 17.9 Å². The third-order valence-corrected chi connectivity index (χ3v) is 4.56. The van der Waals surface area contributed by atoms with Crippen molar-refractivity contribution in [1.82, 2.24) is 9.55 Å². The lowest BCUT2D eigenvalue weighted by Gasteiger charge is -2.24. The first kappa shape index (κ1) is 12.8. The summed E-state index contributed by atoms with van der Waals surface area (Å²) >= 11 is 6.13. The number of halogens is 1. The first-order valence-corrected chi connectivity index (χ1v) is 7.47. The lowest BCUT2D eigenvalue weighted by molar-refractivity contribution is 0.344. The van der Waals surface area contributed by atoms with E-state index >= 15 is 0 Å². The average molecular weight is 278 g/mol. The number of rotatable bonds is 1. The second-order valence-electron chi connectivity index (χ2n) is 5.66. The molecule has 0 bridgehead atoms. The summed E-state index contributed by atoms with van der Waals surface area (Å²) in [4.78, 5) is 4.48. The maximum absolute atomic E-state index is 6.16. The highest BCUT2D eigenvalue weighted by Crippen LogP contribution is 2.36. The summed E-state index contributed by atoms with van der Waals surface area (Å²) in [6.07, 6.45) is 6.38. The minimum atomic E-state index is 0.450. The van der Waals surface area contributed by atoms with Gasteiger partial charge in [0.15, 0.2) is 0 Å². The van der Waals surface area contributed by atoms with Gasteiger partial charge in [-0.15, -0.1) is 0 Å². The Morgan fingerprint density at radius 1 is 1.26 bits per heavy atom. The molecule has 0 amide bonds. The van der Waals surface area contributed by atoms with Crippen molar-refractivity contribution in [2.45, 2.75) is 45.1 Å². The van der Waals surface area contributed by atoms with Gasteiger partial charge in [0.2, 0.25) is 5.95 Å². The second kappa shape index (κ2) is 5.04. The summed E-state index contributed by atoms with van der Waals surface area (Å²) in [5.74, 6) is 1.26. The SMILES string of the molecule is CC1CCCCCC1n1c(N)nc2ccc(Cl)cc21. The predicted molar refractivity (Wildman–Crippen MR) is 80.4 cm³/mol. The number of nitrogen functional groups attached to an aromatic ring is 1. The molecule has 2 atom stereocenters. The van der Waals surface area contributed by atoms with Crippen molar-refractivity contribution in [2.75, 3.05) is 5.73 Å². The van der Waals surface area contributed by atoms with E-state index < -0.39 is 0 Å². The molecule has 4 heteroatoms. The second-order valence-corrected chi connectivity index (χ2v) is 6.09. The number of anilines is 1. The molecule has 1 heterocycles. The van der Waals surface area contributed by atoms with Gasteiger partial charge in [0, 0.05) is 11.1 Å². The topological polar surface area (TPSA) is 43.8 Å². The third-order valence-electron chi connectivity index (χ3n) is 4.33. The molecule has 1 saturated carbocycles. The molecular weight excluding hydrogens is 258 g/mol. The highest BCUT2D eigenvalue weighted by atomic mass is 35.5. The molecule has 0 aliphatic heterocycles. The number of hydrogen-bond donors (Lipinski definition) is 1. The summed E-state index contributed by atoms with van der Waals surface area (Å²) in [5.41, 5.74) is 8.17. The molecule has 2 unspecified atom stereocenters. The Hall–Kier alpha value is -1.22. The molecule has 1 aromatic heterocycles. The van der Waals surface area contributed by atoms with Gasteiger partial charge in [-0.25, -0.2) is 4.98 Å². The zero-order valence-electron chi connectivity index (χ0n) is 11.3. The van der Waals surface area contributed by atoms with Gasteiger partial charge in [-0.2, -0.15) is 0 Å². The average Bonchev–Trinajstić information content (AvgIpc) is 2.55. The number of imidazole rings is 1. The van der Waals surface area contributed by atoms with Crippen LogP contribution >= 0.6 is 11.6 Å². The van der Waals surface area contributed by atoms with Crippen LogP contribution in [0.15, 0.2) is 18.2 Å². The molecule has 1 fully saturated rings. The van der Waals surface area contributed by atoms with Crippen LogP contribution in [0.5, 0.6) is 0 Å². The van der Waals surface area contributed by atoms with Gasteiger partial charge < -0.3 is 10.3 Å². The van der Waals surface area contributed by atoms with Crippen LogP contribution in [0.25, 0.3) is 11.0 Å². The number of nitrogens with two attached hydrogens (primary N) is 1. The molecule has 3 rings (SSSR count). The summed E-state index contributed by atoms with van der Waals surface area (Å²) in [7, 11) is 0. The highest BCUT2D eigenvalue weighted by molar-refractivity contribution is 6.31. The number of fused-ring (bicyclic) bond motifs is 1. The molecule has 3 nitrogen and oxygen atoms in total. The molecule has 2 aromatic rings. The van der Waals surface area contributed by atoms with E-state index in [1.54, 1.807) is 0 Å². The van der Waals surface area contributed by atoms with Gasteiger partial charge >= 0.3 is 0 Å². The fraction of sp³-hybridized carbons (Fsp3) is 0.533. The maximum Gasteiger partial charge on any atom is 0.201 e. The Balaban J connectivity index is 2.12. The van der Waals surface area contributed by atoms with Crippen molar-refractivity contribution < 1.29 is 0 Å². The molecule has 102 valence electrons. The van der Waals surface area contributed by atoms with E-state index in [9.17, 15) is 0 Å². The van der Waals surface area contributed by atoms with Crippen molar-refractivity contribution >= 4 is 28.6 Å². The van der Waals surface area contributed by atoms with Crippen molar-refractivity contribution in [2.24, 2.45) is 5.92 Å². The van der Waals surface area contributed by atoms with Crippen LogP contribution in [0.2, 0.25) is 5.02 Å². The van der Waals surface area contributed by atoms with Crippen molar-refractivity contribution in [3.05, 3.63) is 23.2 Å². The van der Waals surface area contributed by atoms with Crippen LogP contribution in [-0.4, -0.2) is 9.55 Å². The van der Waals surface area contributed by atoms with Crippen LogP contribution in [0.3, 0.4) is 0 Å². The zero-order valence-corrected chi connectivity index (χ0v) is 12.0. The van der Waals surface area contributed by atoms with E-state index in [4.69, 9.17) is 17.3 Å². The van der Waals surface area contributed by atoms with Crippen molar-refractivity contribution in [3.8, 4) is 0 Å². The molecule has 1 aliphatic carbocycles. The highest BCUT2D eigenvalue weighted by Gasteiger charge is 2.25. The summed E-state index contributed by atoms with van der Waals surface area (Å²) in [5, 5.41) is 0.745. The Bertz CT molecular complexity index is 590. The summed E-state index contributed by atoms with van der Waals surface area (Å²) in [6, 6.07) is 6.26. The number of hydrogen-bond acceptors (Lipinski definition) is 2. The smallest absolute Gasteiger partial charge is 0.201 e. The van der Waals surface area contributed by atoms with E-state index in [0.717, 1.165) is 16.1 Å². The number of nitrogens with zero attached hydrogens (tertiary/aromatic N) is 2.